The maximum absolute atomic E-state index is 13.2. The number of hydrogen-bond donors (Lipinski definition) is 2. The van der Waals surface area contributed by atoms with Gasteiger partial charge in [0.15, 0.2) is 0 Å². The van der Waals surface area contributed by atoms with Gasteiger partial charge < -0.3 is 0 Å². The number of hydrogen-bond acceptors (Lipinski definition) is 3. The average Bonchev–Trinajstić information content (AvgIpc) is 3.59. The van der Waals surface area contributed by atoms with Gasteiger partial charge in [0.2, 0.25) is 0 Å². The van der Waals surface area contributed by atoms with Gasteiger partial charge in [-0.05, 0) is 62.8 Å². The monoisotopic (exact) mass is 424 g/mol. The molecule has 0 saturated carbocycles. The van der Waals surface area contributed by atoms with Gasteiger partial charge in [-0.2, -0.15) is 10.2 Å². The van der Waals surface area contributed by atoms with Crippen LogP contribution in [0.15, 0.2) is 60.7 Å². The average molecular weight is 425 g/mol. The molecule has 2 aromatic carbocycles. The fraction of sp³-hybridized carbons (Fsp3) is 0.240. The predicted octanol–water partition coefficient (Wildman–Crippen LogP) is 4.68. The number of benzene rings is 2. The van der Waals surface area contributed by atoms with Crippen LogP contribution in [0, 0.1) is 0 Å². The van der Waals surface area contributed by atoms with E-state index in [1.54, 1.807) is 0 Å². The Kier molecular flexibility index (Phi) is 4.52. The lowest BCUT2D eigenvalue weighted by Gasteiger charge is -2.14. The summed E-state index contributed by atoms with van der Waals surface area (Å²) in [5.41, 5.74) is 6.27. The van der Waals surface area contributed by atoms with Gasteiger partial charge in [-0.15, -0.1) is 0 Å². The highest BCUT2D eigenvalue weighted by atomic mass is 16.2. The summed E-state index contributed by atoms with van der Waals surface area (Å²) in [4.78, 5) is 13.2. The number of carbonyl (C=O) groups excluding carboxylic acids is 1. The molecule has 0 atom stereocenters. The van der Waals surface area contributed by atoms with Gasteiger partial charge in [0, 0.05) is 11.1 Å². The van der Waals surface area contributed by atoms with Crippen molar-refractivity contribution < 1.29 is 4.79 Å². The minimum atomic E-state index is -0.274. The number of urea groups is 1. The van der Waals surface area contributed by atoms with Gasteiger partial charge in [0.05, 0.1) is 22.8 Å². The highest BCUT2D eigenvalue weighted by molar-refractivity contribution is 6.00. The van der Waals surface area contributed by atoms with Crippen molar-refractivity contribution in [3.8, 4) is 11.4 Å². The number of carbonyl (C=O) groups is 1. The smallest absolute Gasteiger partial charge is 0.292 e. The largest absolute Gasteiger partial charge is 0.326 e. The first kappa shape index (κ1) is 18.9. The van der Waals surface area contributed by atoms with Crippen molar-refractivity contribution in [3.05, 3.63) is 83.2 Å². The maximum atomic E-state index is 13.2. The van der Waals surface area contributed by atoms with Crippen LogP contribution in [-0.4, -0.2) is 25.6 Å². The van der Waals surface area contributed by atoms with E-state index in [2.05, 4.69) is 10.6 Å². The number of para-hydroxylation sites is 2. The second-order valence-electron chi connectivity index (χ2n) is 8.33. The Bertz CT molecular complexity index is 1190. The van der Waals surface area contributed by atoms with Gasteiger partial charge in [-0.3, -0.25) is 10.6 Å². The number of nitrogens with zero attached hydrogens (tertiary/aromatic N) is 4. The number of nitrogens with one attached hydrogen (secondary N) is 2. The molecule has 0 bridgehead atoms. The lowest BCUT2D eigenvalue weighted by Crippen LogP contribution is -2.24. The van der Waals surface area contributed by atoms with Crippen LogP contribution in [0.1, 0.15) is 35.4 Å². The second-order valence-corrected chi connectivity index (χ2v) is 8.33. The van der Waals surface area contributed by atoms with Gasteiger partial charge in [-0.1, -0.05) is 36.4 Å². The van der Waals surface area contributed by atoms with Gasteiger partial charge in [0.25, 0.3) is 0 Å². The minimum Gasteiger partial charge on any atom is -0.292 e. The Morgan fingerprint density at radius 3 is 1.53 bits per heavy atom. The third-order valence-electron chi connectivity index (χ3n) is 6.28. The summed E-state index contributed by atoms with van der Waals surface area (Å²) in [7, 11) is 0. The lowest BCUT2D eigenvalue weighted by atomic mass is 10.2. The third-order valence-corrected chi connectivity index (χ3v) is 6.28. The molecule has 0 aliphatic heterocycles. The molecular weight excluding hydrogens is 400 g/mol. The SMILES string of the molecule is O=C(Nc1c2c(nn1-c1ccccc1)CCC2)Nc1c2c(nn1-c1ccccc1)CCC2. The Morgan fingerprint density at radius 1 is 0.656 bits per heavy atom. The van der Waals surface area contributed by atoms with Crippen LogP contribution in [0.4, 0.5) is 16.4 Å². The molecule has 2 amide bonds. The van der Waals surface area contributed by atoms with E-state index in [-0.39, 0.29) is 6.03 Å². The van der Waals surface area contributed by atoms with Crippen LogP contribution in [0.25, 0.3) is 11.4 Å². The number of rotatable bonds is 4. The Labute approximate surface area is 186 Å². The van der Waals surface area contributed by atoms with E-state index in [4.69, 9.17) is 10.2 Å². The van der Waals surface area contributed by atoms with E-state index in [0.29, 0.717) is 0 Å². The zero-order valence-electron chi connectivity index (χ0n) is 17.7. The molecule has 7 nitrogen and oxygen atoms in total. The summed E-state index contributed by atoms with van der Waals surface area (Å²) in [5, 5.41) is 15.8. The Morgan fingerprint density at radius 2 is 1.09 bits per heavy atom. The van der Waals surface area contributed by atoms with Crippen LogP contribution in [0.2, 0.25) is 0 Å². The normalized spacial score (nSPS) is 14.2. The van der Waals surface area contributed by atoms with Crippen molar-refractivity contribution in [3.63, 3.8) is 0 Å². The van der Waals surface area contributed by atoms with E-state index in [1.165, 1.54) is 0 Å². The molecular formula is C25H24N6O. The molecule has 0 radical (unpaired) electrons. The minimum absolute atomic E-state index is 0.274. The van der Waals surface area contributed by atoms with E-state index in [0.717, 1.165) is 84.1 Å². The summed E-state index contributed by atoms with van der Waals surface area (Å²) in [5.74, 6) is 1.51. The molecule has 7 heteroatoms. The fourth-order valence-electron chi connectivity index (χ4n) is 4.80. The molecule has 0 fully saturated rings. The Hall–Kier alpha value is -3.87. The molecule has 32 heavy (non-hydrogen) atoms. The molecule has 4 aromatic rings. The number of aryl methyl sites for hydroxylation is 2. The molecule has 0 unspecified atom stereocenters. The highest BCUT2D eigenvalue weighted by Crippen LogP contribution is 2.33. The molecule has 2 aliphatic rings. The van der Waals surface area contributed by atoms with Crippen molar-refractivity contribution in [2.45, 2.75) is 38.5 Å². The summed E-state index contributed by atoms with van der Waals surface area (Å²) in [6, 6.07) is 19.6. The molecule has 0 saturated heterocycles. The Balaban J connectivity index is 1.34. The van der Waals surface area contributed by atoms with Crippen LogP contribution >= 0.6 is 0 Å². The maximum Gasteiger partial charge on any atom is 0.326 e. The summed E-state index contributed by atoms with van der Waals surface area (Å²) >= 11 is 0. The zero-order chi connectivity index (χ0) is 21.5. The van der Waals surface area contributed by atoms with Crippen molar-refractivity contribution in [1.82, 2.24) is 19.6 Å². The third kappa shape index (κ3) is 3.17. The number of amides is 2. The van der Waals surface area contributed by atoms with Crippen molar-refractivity contribution in [2.24, 2.45) is 0 Å². The zero-order valence-corrected chi connectivity index (χ0v) is 17.7. The summed E-state index contributed by atoms with van der Waals surface area (Å²) < 4.78 is 3.70. The van der Waals surface area contributed by atoms with E-state index in [1.807, 2.05) is 70.0 Å². The van der Waals surface area contributed by atoms with Gasteiger partial charge >= 0.3 is 6.03 Å². The van der Waals surface area contributed by atoms with Crippen molar-refractivity contribution >= 4 is 17.7 Å². The molecule has 2 heterocycles. The second kappa shape index (κ2) is 7.67. The van der Waals surface area contributed by atoms with Crippen LogP contribution < -0.4 is 10.6 Å². The van der Waals surface area contributed by atoms with Crippen LogP contribution in [0.5, 0.6) is 0 Å². The highest BCUT2D eigenvalue weighted by Gasteiger charge is 2.27. The first-order valence-corrected chi connectivity index (χ1v) is 11.2. The van der Waals surface area contributed by atoms with Crippen LogP contribution in [-0.2, 0) is 25.7 Å². The van der Waals surface area contributed by atoms with Gasteiger partial charge in [-0.25, -0.2) is 14.2 Å². The van der Waals surface area contributed by atoms with Crippen molar-refractivity contribution in [1.29, 1.82) is 0 Å². The quantitative estimate of drug-likeness (QED) is 0.499. The predicted molar refractivity (Wildman–Crippen MR) is 124 cm³/mol. The molecule has 2 aromatic heterocycles. The molecule has 6 rings (SSSR count). The van der Waals surface area contributed by atoms with Crippen LogP contribution in [0.3, 0.4) is 0 Å². The molecule has 2 aliphatic carbocycles. The standard InChI is InChI=1S/C25H24N6O/c32-25(26-23-19-13-7-15-21(19)28-30(23)17-9-3-1-4-10-17)27-24-20-14-8-16-22(20)29-31(24)18-11-5-2-6-12-18/h1-6,9-12H,7-8,13-16H2,(H2,26,27,32). The number of aromatic nitrogens is 4. The topological polar surface area (TPSA) is 76.8 Å². The summed E-state index contributed by atoms with van der Waals surface area (Å²) in [6.45, 7) is 0. The number of fused-ring (bicyclic) bond motifs is 2. The van der Waals surface area contributed by atoms with Gasteiger partial charge in [0.1, 0.15) is 11.6 Å². The van der Waals surface area contributed by atoms with E-state index >= 15 is 0 Å². The van der Waals surface area contributed by atoms with E-state index in [9.17, 15) is 4.79 Å². The molecule has 2 N–H and O–H groups in total. The fourth-order valence-corrected chi connectivity index (χ4v) is 4.80. The van der Waals surface area contributed by atoms with Crippen molar-refractivity contribution in [2.75, 3.05) is 10.6 Å². The molecule has 0 spiro atoms. The number of anilines is 2. The first-order valence-electron chi connectivity index (χ1n) is 11.2. The lowest BCUT2D eigenvalue weighted by molar-refractivity contribution is 0.262. The van der Waals surface area contributed by atoms with E-state index < -0.39 is 0 Å². The molecule has 160 valence electrons. The summed E-state index contributed by atoms with van der Waals surface area (Å²) in [6.07, 6.45) is 5.87. The first-order chi connectivity index (χ1) is 15.8.